The summed E-state index contributed by atoms with van der Waals surface area (Å²) in [7, 11) is -3.52. The zero-order valence-corrected chi connectivity index (χ0v) is 14.4. The number of hydrogen-bond donors (Lipinski definition) is 1. The summed E-state index contributed by atoms with van der Waals surface area (Å²) in [6.07, 6.45) is 0.894. The van der Waals surface area contributed by atoms with Crippen molar-refractivity contribution < 1.29 is 13.2 Å². The van der Waals surface area contributed by atoms with E-state index in [1.807, 2.05) is 6.92 Å². The lowest BCUT2D eigenvalue weighted by Gasteiger charge is -2.19. The molecule has 1 aromatic rings. The Bertz CT molecular complexity index is 556. The van der Waals surface area contributed by atoms with Crippen LogP contribution in [0.3, 0.4) is 0 Å². The Morgan fingerprint density at radius 3 is 2.74 bits per heavy atom. The van der Waals surface area contributed by atoms with Crippen LogP contribution in [0.1, 0.15) is 13.3 Å². The van der Waals surface area contributed by atoms with E-state index in [0.717, 1.165) is 10.9 Å². The van der Waals surface area contributed by atoms with Crippen LogP contribution in [0, 0.1) is 5.92 Å². The Balaban J connectivity index is 2.17. The maximum absolute atomic E-state index is 12.3. The van der Waals surface area contributed by atoms with Crippen LogP contribution < -0.4 is 4.72 Å². The van der Waals surface area contributed by atoms with Crippen LogP contribution in [0.2, 0.25) is 0 Å². The zero-order chi connectivity index (χ0) is 14.0. The number of rotatable bonds is 4. The van der Waals surface area contributed by atoms with Crippen molar-refractivity contribution in [2.75, 3.05) is 13.2 Å². The molecule has 0 saturated carbocycles. The molecule has 2 rings (SSSR count). The third-order valence-corrected chi connectivity index (χ3v) is 6.23. The minimum Gasteiger partial charge on any atom is -0.381 e. The Morgan fingerprint density at radius 1 is 1.42 bits per heavy atom. The molecule has 1 heterocycles. The quantitative estimate of drug-likeness (QED) is 0.827. The van der Waals surface area contributed by atoms with Crippen molar-refractivity contribution in [3.63, 3.8) is 0 Å². The molecule has 19 heavy (non-hydrogen) atoms. The molecule has 1 N–H and O–H groups in total. The SMILES string of the molecule is CC(NS(=O)(=O)c1ccc(Br)cc1Br)C1CCOC1. The Hall–Kier alpha value is 0.0500. The minimum absolute atomic E-state index is 0.136. The van der Waals surface area contributed by atoms with Gasteiger partial charge in [0.05, 0.1) is 11.5 Å². The van der Waals surface area contributed by atoms with Crippen molar-refractivity contribution in [3.8, 4) is 0 Å². The summed E-state index contributed by atoms with van der Waals surface area (Å²) < 4.78 is 34.1. The van der Waals surface area contributed by atoms with Gasteiger partial charge in [-0.25, -0.2) is 13.1 Å². The van der Waals surface area contributed by atoms with Crippen LogP contribution in [0.4, 0.5) is 0 Å². The molecule has 106 valence electrons. The highest BCUT2D eigenvalue weighted by atomic mass is 79.9. The molecular weight excluding hydrogens is 398 g/mol. The number of sulfonamides is 1. The van der Waals surface area contributed by atoms with Gasteiger partial charge in [-0.15, -0.1) is 0 Å². The van der Waals surface area contributed by atoms with Crippen LogP contribution >= 0.6 is 31.9 Å². The van der Waals surface area contributed by atoms with E-state index in [9.17, 15) is 8.42 Å². The van der Waals surface area contributed by atoms with Gasteiger partial charge in [0.25, 0.3) is 0 Å². The highest BCUT2D eigenvalue weighted by Gasteiger charge is 2.27. The molecule has 0 aliphatic carbocycles. The standard InChI is InChI=1S/C12H15Br2NO3S/c1-8(9-4-5-18-7-9)15-19(16,17)12-3-2-10(13)6-11(12)14/h2-3,6,8-9,15H,4-5,7H2,1H3. The van der Waals surface area contributed by atoms with Gasteiger partial charge in [0.2, 0.25) is 10.0 Å². The lowest BCUT2D eigenvalue weighted by Crippen LogP contribution is -2.38. The molecule has 1 saturated heterocycles. The van der Waals surface area contributed by atoms with E-state index in [1.54, 1.807) is 18.2 Å². The first-order chi connectivity index (χ1) is 8.90. The first kappa shape index (κ1) is 15.4. The van der Waals surface area contributed by atoms with Crippen LogP contribution in [-0.4, -0.2) is 27.7 Å². The maximum atomic E-state index is 12.3. The van der Waals surface area contributed by atoms with E-state index in [2.05, 4.69) is 36.6 Å². The van der Waals surface area contributed by atoms with E-state index in [1.165, 1.54) is 0 Å². The highest BCUT2D eigenvalue weighted by Crippen LogP contribution is 2.26. The van der Waals surface area contributed by atoms with Gasteiger partial charge in [-0.1, -0.05) is 15.9 Å². The molecule has 2 atom stereocenters. The fraction of sp³-hybridized carbons (Fsp3) is 0.500. The summed E-state index contributed by atoms with van der Waals surface area (Å²) >= 11 is 6.59. The molecule has 0 spiro atoms. The fourth-order valence-electron chi connectivity index (χ4n) is 2.04. The summed E-state index contributed by atoms with van der Waals surface area (Å²) in [5, 5.41) is 0. The number of hydrogen-bond acceptors (Lipinski definition) is 3. The zero-order valence-electron chi connectivity index (χ0n) is 10.4. The Morgan fingerprint density at radius 2 is 2.16 bits per heavy atom. The molecule has 0 amide bonds. The predicted molar refractivity (Wildman–Crippen MR) is 80.6 cm³/mol. The van der Waals surface area contributed by atoms with Crippen molar-refractivity contribution in [2.24, 2.45) is 5.92 Å². The molecule has 1 aliphatic heterocycles. The second-order valence-electron chi connectivity index (χ2n) is 4.61. The first-order valence-electron chi connectivity index (χ1n) is 5.95. The summed E-state index contributed by atoms with van der Waals surface area (Å²) in [5.41, 5.74) is 0. The van der Waals surface area contributed by atoms with Crippen LogP contribution in [0.5, 0.6) is 0 Å². The summed E-state index contributed by atoms with van der Waals surface area (Å²) in [6, 6.07) is 4.87. The third kappa shape index (κ3) is 3.78. The van der Waals surface area contributed by atoms with Gasteiger partial charge >= 0.3 is 0 Å². The van der Waals surface area contributed by atoms with E-state index in [-0.39, 0.29) is 16.9 Å². The van der Waals surface area contributed by atoms with Crippen LogP contribution in [-0.2, 0) is 14.8 Å². The number of benzene rings is 1. The Kier molecular flexibility index (Phi) is 5.05. The molecule has 0 radical (unpaired) electrons. The number of halogens is 2. The largest absolute Gasteiger partial charge is 0.381 e. The number of nitrogens with one attached hydrogen (secondary N) is 1. The van der Waals surface area contributed by atoms with E-state index in [4.69, 9.17) is 4.74 Å². The summed E-state index contributed by atoms with van der Waals surface area (Å²) in [6.45, 7) is 3.20. The van der Waals surface area contributed by atoms with E-state index >= 15 is 0 Å². The molecule has 1 aromatic carbocycles. The summed E-state index contributed by atoms with van der Waals surface area (Å²) in [4.78, 5) is 0.251. The second-order valence-corrected chi connectivity index (χ2v) is 8.06. The normalized spacial score (nSPS) is 21.5. The monoisotopic (exact) mass is 411 g/mol. The van der Waals surface area contributed by atoms with Crippen molar-refractivity contribution in [1.82, 2.24) is 4.72 Å². The molecule has 7 heteroatoms. The van der Waals surface area contributed by atoms with Gasteiger partial charge in [0, 0.05) is 27.5 Å². The van der Waals surface area contributed by atoms with Gasteiger partial charge in [-0.3, -0.25) is 0 Å². The van der Waals surface area contributed by atoms with Crippen molar-refractivity contribution >= 4 is 41.9 Å². The van der Waals surface area contributed by atoms with E-state index < -0.39 is 10.0 Å². The molecule has 2 unspecified atom stereocenters. The second kappa shape index (κ2) is 6.22. The summed E-state index contributed by atoms with van der Waals surface area (Å²) in [5.74, 6) is 0.240. The topological polar surface area (TPSA) is 55.4 Å². The predicted octanol–water partition coefficient (Wildman–Crippen LogP) is 2.91. The maximum Gasteiger partial charge on any atom is 0.241 e. The number of ether oxygens (including phenoxy) is 1. The van der Waals surface area contributed by atoms with Gasteiger partial charge in [0.1, 0.15) is 0 Å². The average molecular weight is 413 g/mol. The smallest absolute Gasteiger partial charge is 0.241 e. The minimum atomic E-state index is -3.52. The van der Waals surface area contributed by atoms with Gasteiger partial charge in [-0.05, 0) is 47.5 Å². The molecule has 1 fully saturated rings. The lowest BCUT2D eigenvalue weighted by molar-refractivity contribution is 0.180. The van der Waals surface area contributed by atoms with Crippen LogP contribution in [0.15, 0.2) is 32.0 Å². The van der Waals surface area contributed by atoms with E-state index in [0.29, 0.717) is 17.7 Å². The Labute approximate surface area is 130 Å². The van der Waals surface area contributed by atoms with Gasteiger partial charge in [0.15, 0.2) is 0 Å². The molecule has 1 aliphatic rings. The van der Waals surface area contributed by atoms with Crippen molar-refractivity contribution in [3.05, 3.63) is 27.1 Å². The third-order valence-electron chi connectivity index (χ3n) is 3.20. The first-order valence-corrected chi connectivity index (χ1v) is 9.02. The van der Waals surface area contributed by atoms with Crippen molar-refractivity contribution in [2.45, 2.75) is 24.3 Å². The molecule has 4 nitrogen and oxygen atoms in total. The molecular formula is C12H15Br2NO3S. The molecule has 0 bridgehead atoms. The van der Waals surface area contributed by atoms with Gasteiger partial charge in [-0.2, -0.15) is 0 Å². The van der Waals surface area contributed by atoms with Gasteiger partial charge < -0.3 is 4.74 Å². The van der Waals surface area contributed by atoms with Crippen LogP contribution in [0.25, 0.3) is 0 Å². The van der Waals surface area contributed by atoms with Crippen molar-refractivity contribution in [1.29, 1.82) is 0 Å². The average Bonchev–Trinajstić information content (AvgIpc) is 2.80. The lowest BCUT2D eigenvalue weighted by atomic mass is 10.0. The molecule has 0 aromatic heterocycles. The highest BCUT2D eigenvalue weighted by molar-refractivity contribution is 9.11. The fourth-order valence-corrected chi connectivity index (χ4v) is 5.10.